The van der Waals surface area contributed by atoms with E-state index in [0.29, 0.717) is 15.4 Å². The Hall–Kier alpha value is -2.43. The molecule has 3 aromatic heterocycles. The zero-order valence-corrected chi connectivity index (χ0v) is 17.6. The van der Waals surface area contributed by atoms with E-state index in [4.69, 9.17) is 15.6 Å². The second kappa shape index (κ2) is 8.25. The highest BCUT2D eigenvalue weighted by Crippen LogP contribution is 2.38. The minimum Gasteiger partial charge on any atom is -0.387 e. The van der Waals surface area contributed by atoms with Crippen LogP contribution in [0.5, 0.6) is 0 Å². The molecule has 5 N–H and O–H groups in total. The number of hydrogen-bond acceptors (Lipinski definition) is 11. The molecule has 1 fully saturated rings. The molecule has 31 heavy (non-hydrogen) atoms. The van der Waals surface area contributed by atoms with Crippen molar-refractivity contribution < 1.29 is 26.8 Å². The summed E-state index contributed by atoms with van der Waals surface area (Å²) in [6.45, 7) is 1.17. The number of nitrogens with zero attached hydrogens (tertiary/aromatic N) is 5. The number of ether oxygens (including phenoxy) is 1. The van der Waals surface area contributed by atoms with Crippen molar-refractivity contribution in [2.75, 3.05) is 12.3 Å². The van der Waals surface area contributed by atoms with Gasteiger partial charge in [0.2, 0.25) is 0 Å². The summed E-state index contributed by atoms with van der Waals surface area (Å²) in [5.41, 5.74) is 6.98. The summed E-state index contributed by atoms with van der Waals surface area (Å²) in [6, 6.07) is 5.44. The molecular formula is C16H18FN7O5S2. The van der Waals surface area contributed by atoms with Crippen molar-refractivity contribution in [3.05, 3.63) is 30.2 Å². The summed E-state index contributed by atoms with van der Waals surface area (Å²) in [5, 5.41) is 20.7. The SMILES string of the molecule is Cc1cccc(Sc2nn([C@@H]3O[C@H](COS(N)(=O)=O)[C@@H](O)[C@@H]3F)c3ncnc(N)c23)n1. The number of aliphatic hydroxyl groups excluding tert-OH is 1. The van der Waals surface area contributed by atoms with Crippen LogP contribution in [0.3, 0.4) is 0 Å². The van der Waals surface area contributed by atoms with Gasteiger partial charge in [0.15, 0.2) is 18.0 Å². The lowest BCUT2D eigenvalue weighted by Crippen LogP contribution is -2.33. The van der Waals surface area contributed by atoms with Gasteiger partial charge in [0, 0.05) is 5.69 Å². The average Bonchev–Trinajstić information content (AvgIpc) is 3.19. The van der Waals surface area contributed by atoms with Crippen LogP contribution in [-0.2, 0) is 19.2 Å². The number of rotatable bonds is 6. The van der Waals surface area contributed by atoms with Gasteiger partial charge in [0.1, 0.15) is 34.4 Å². The van der Waals surface area contributed by atoms with Crippen LogP contribution >= 0.6 is 11.8 Å². The Bertz CT molecular complexity index is 1220. The summed E-state index contributed by atoms with van der Waals surface area (Å²) in [4.78, 5) is 12.5. The molecule has 0 aromatic carbocycles. The van der Waals surface area contributed by atoms with Gasteiger partial charge < -0.3 is 15.6 Å². The van der Waals surface area contributed by atoms with Crippen LogP contribution in [0.25, 0.3) is 11.0 Å². The van der Waals surface area contributed by atoms with Crippen molar-refractivity contribution >= 4 is 38.9 Å². The lowest BCUT2D eigenvalue weighted by molar-refractivity contribution is -0.0456. The number of aromatic nitrogens is 5. The first-order chi connectivity index (χ1) is 14.6. The van der Waals surface area contributed by atoms with E-state index in [1.54, 1.807) is 6.07 Å². The molecule has 12 nitrogen and oxygen atoms in total. The standard InChI is InChI=1S/C16H18FN7O5S2/c1-7-3-2-4-9(22-7)30-15-10-13(18)20-6-21-14(10)24(23-15)16-11(17)12(25)8(29-16)5-28-31(19,26)27/h2-4,6,8,11-12,16,25H,5H2,1H3,(H2,18,20,21)(H2,19,26,27)/t8-,11+,12-,16-/m1/s1. The number of anilines is 1. The maximum absolute atomic E-state index is 14.9. The van der Waals surface area contributed by atoms with E-state index in [2.05, 4.69) is 24.2 Å². The Labute approximate surface area is 180 Å². The first-order valence-corrected chi connectivity index (χ1v) is 11.2. The second-order valence-corrected chi connectivity index (χ2v) is 8.93. The lowest BCUT2D eigenvalue weighted by Gasteiger charge is -2.14. The number of halogens is 1. The highest BCUT2D eigenvalue weighted by molar-refractivity contribution is 7.99. The Morgan fingerprint density at radius 1 is 1.39 bits per heavy atom. The second-order valence-electron chi connectivity index (χ2n) is 6.70. The third-order valence-corrected chi connectivity index (χ3v) is 5.86. The van der Waals surface area contributed by atoms with Gasteiger partial charge in [-0.15, -0.1) is 0 Å². The van der Waals surface area contributed by atoms with E-state index < -0.39 is 41.5 Å². The van der Waals surface area contributed by atoms with Crippen LogP contribution in [0, 0.1) is 6.92 Å². The average molecular weight is 471 g/mol. The molecule has 0 bridgehead atoms. The van der Waals surface area contributed by atoms with Gasteiger partial charge in [-0.1, -0.05) is 6.07 Å². The number of aryl methyl sites for hydroxylation is 1. The van der Waals surface area contributed by atoms with Crippen molar-refractivity contribution in [1.82, 2.24) is 24.7 Å². The molecule has 4 rings (SSSR count). The molecule has 0 saturated carbocycles. The van der Waals surface area contributed by atoms with Gasteiger partial charge in [-0.25, -0.2) is 29.2 Å². The molecule has 0 spiro atoms. The minimum atomic E-state index is -4.29. The first-order valence-electron chi connectivity index (χ1n) is 8.89. The Kier molecular flexibility index (Phi) is 5.80. The normalized spacial score (nSPS) is 24.1. The molecular weight excluding hydrogens is 453 g/mol. The van der Waals surface area contributed by atoms with Crippen molar-refractivity contribution in [1.29, 1.82) is 0 Å². The van der Waals surface area contributed by atoms with Gasteiger partial charge in [-0.3, -0.25) is 4.18 Å². The Morgan fingerprint density at radius 3 is 2.87 bits per heavy atom. The van der Waals surface area contributed by atoms with Crippen molar-refractivity contribution in [2.45, 2.75) is 41.6 Å². The molecule has 1 saturated heterocycles. The van der Waals surface area contributed by atoms with Gasteiger partial charge in [-0.2, -0.15) is 13.5 Å². The fraction of sp³-hybridized carbons (Fsp3) is 0.375. The summed E-state index contributed by atoms with van der Waals surface area (Å²) in [5.74, 6) is 0.120. The van der Waals surface area contributed by atoms with Gasteiger partial charge in [0.05, 0.1) is 12.0 Å². The maximum atomic E-state index is 14.9. The number of aliphatic hydroxyl groups is 1. The third kappa shape index (κ3) is 4.46. The topological polar surface area (TPSA) is 181 Å². The largest absolute Gasteiger partial charge is 0.387 e. The fourth-order valence-electron chi connectivity index (χ4n) is 3.09. The van der Waals surface area contributed by atoms with E-state index in [0.717, 1.165) is 10.4 Å². The van der Waals surface area contributed by atoms with Gasteiger partial charge in [-0.05, 0) is 30.8 Å². The monoisotopic (exact) mass is 471 g/mol. The van der Waals surface area contributed by atoms with Crippen LogP contribution < -0.4 is 10.9 Å². The predicted octanol–water partition coefficient (Wildman–Crippen LogP) is 0.0796. The minimum absolute atomic E-state index is 0.120. The fourth-order valence-corrected chi connectivity index (χ4v) is 4.37. The van der Waals surface area contributed by atoms with Crippen molar-refractivity contribution in [3.8, 4) is 0 Å². The Balaban J connectivity index is 1.70. The van der Waals surface area contributed by atoms with Crippen molar-refractivity contribution in [3.63, 3.8) is 0 Å². The smallest absolute Gasteiger partial charge is 0.333 e. The van der Waals surface area contributed by atoms with Gasteiger partial charge >= 0.3 is 10.3 Å². The molecule has 1 aliphatic rings. The predicted molar refractivity (Wildman–Crippen MR) is 107 cm³/mol. The van der Waals surface area contributed by atoms with Crippen LogP contribution in [0.4, 0.5) is 10.2 Å². The van der Waals surface area contributed by atoms with Crippen LogP contribution in [-0.4, -0.2) is 63.2 Å². The lowest BCUT2D eigenvalue weighted by atomic mass is 10.1. The van der Waals surface area contributed by atoms with E-state index >= 15 is 0 Å². The highest BCUT2D eigenvalue weighted by atomic mass is 32.2. The molecule has 166 valence electrons. The molecule has 4 atom stereocenters. The highest BCUT2D eigenvalue weighted by Gasteiger charge is 2.47. The molecule has 0 unspecified atom stereocenters. The van der Waals surface area contributed by atoms with E-state index in [-0.39, 0.29) is 11.5 Å². The zero-order valence-electron chi connectivity index (χ0n) is 16.0. The van der Waals surface area contributed by atoms with Crippen LogP contribution in [0.1, 0.15) is 11.9 Å². The summed E-state index contributed by atoms with van der Waals surface area (Å²) >= 11 is 1.18. The molecule has 0 radical (unpaired) electrons. The number of hydrogen-bond donors (Lipinski definition) is 3. The zero-order chi connectivity index (χ0) is 22.3. The van der Waals surface area contributed by atoms with E-state index in [1.165, 1.54) is 18.1 Å². The quantitative estimate of drug-likeness (QED) is 0.443. The van der Waals surface area contributed by atoms with Gasteiger partial charge in [0.25, 0.3) is 0 Å². The number of pyridine rings is 1. The van der Waals surface area contributed by atoms with Crippen molar-refractivity contribution in [2.24, 2.45) is 5.14 Å². The first kappa shape index (κ1) is 21.8. The van der Waals surface area contributed by atoms with E-state index in [9.17, 15) is 17.9 Å². The maximum Gasteiger partial charge on any atom is 0.333 e. The van der Waals surface area contributed by atoms with Crippen LogP contribution in [0.15, 0.2) is 34.6 Å². The number of alkyl halides is 1. The molecule has 0 aliphatic carbocycles. The number of fused-ring (bicyclic) bond motifs is 1. The van der Waals surface area contributed by atoms with Crippen LogP contribution in [0.2, 0.25) is 0 Å². The van der Waals surface area contributed by atoms with E-state index in [1.807, 2.05) is 19.1 Å². The third-order valence-electron chi connectivity index (χ3n) is 4.48. The molecule has 4 heterocycles. The molecule has 3 aromatic rings. The molecule has 15 heteroatoms. The summed E-state index contributed by atoms with van der Waals surface area (Å²) in [7, 11) is -4.29. The molecule has 1 aliphatic heterocycles. The summed E-state index contributed by atoms with van der Waals surface area (Å²) in [6.07, 6.45) is -5.16. The summed E-state index contributed by atoms with van der Waals surface area (Å²) < 4.78 is 48.0. The Morgan fingerprint density at radius 2 is 2.16 bits per heavy atom. The molecule has 0 amide bonds. The number of nitrogen functional groups attached to an aromatic ring is 1. The number of nitrogens with two attached hydrogens (primary N) is 2.